The Hall–Kier alpha value is -0.870. The quantitative estimate of drug-likeness (QED) is 0.864. The zero-order chi connectivity index (χ0) is 12.4. The molecular formula is C14H24N4. The molecular weight excluding hydrogens is 224 g/mol. The minimum Gasteiger partial charge on any atom is -0.312 e. The molecule has 1 unspecified atom stereocenters. The third-order valence-corrected chi connectivity index (χ3v) is 4.31. The van der Waals surface area contributed by atoms with E-state index < -0.39 is 0 Å². The van der Waals surface area contributed by atoms with Crippen LogP contribution in [0.15, 0.2) is 12.3 Å². The Kier molecular flexibility index (Phi) is 3.66. The molecule has 2 heterocycles. The molecule has 0 spiro atoms. The summed E-state index contributed by atoms with van der Waals surface area (Å²) < 4.78 is 1.99. The molecule has 0 aromatic carbocycles. The standard InChI is InChI=1S/C14H24N4/c1-17-13(5-8-16-17)6-10-18-9-2-7-15-14(11-18)12-3-4-12/h5,8,12,14-15H,2-4,6-7,9-11H2,1H3. The third kappa shape index (κ3) is 2.93. The molecule has 4 heteroatoms. The van der Waals surface area contributed by atoms with Crippen molar-refractivity contribution in [3.8, 4) is 0 Å². The van der Waals surface area contributed by atoms with Gasteiger partial charge in [0, 0.05) is 44.5 Å². The average Bonchev–Trinajstić information content (AvgIpc) is 3.15. The summed E-state index contributed by atoms with van der Waals surface area (Å²) in [6.45, 7) is 4.85. The number of hydrogen-bond donors (Lipinski definition) is 1. The van der Waals surface area contributed by atoms with Gasteiger partial charge in [-0.05, 0) is 44.3 Å². The van der Waals surface area contributed by atoms with Crippen molar-refractivity contribution in [2.45, 2.75) is 31.7 Å². The molecule has 1 aromatic heterocycles. The first-order valence-electron chi connectivity index (χ1n) is 7.25. The number of nitrogens with one attached hydrogen (secondary N) is 1. The molecule has 0 bridgehead atoms. The molecule has 2 aliphatic rings. The van der Waals surface area contributed by atoms with Gasteiger partial charge in [-0.15, -0.1) is 0 Å². The smallest absolute Gasteiger partial charge is 0.0492 e. The predicted molar refractivity (Wildman–Crippen MR) is 72.5 cm³/mol. The first-order valence-corrected chi connectivity index (χ1v) is 7.25. The van der Waals surface area contributed by atoms with Gasteiger partial charge in [-0.1, -0.05) is 0 Å². The second-order valence-corrected chi connectivity index (χ2v) is 5.75. The van der Waals surface area contributed by atoms with Crippen molar-refractivity contribution in [1.29, 1.82) is 0 Å². The monoisotopic (exact) mass is 248 g/mol. The minimum absolute atomic E-state index is 0.749. The van der Waals surface area contributed by atoms with E-state index in [2.05, 4.69) is 21.4 Å². The van der Waals surface area contributed by atoms with Crippen molar-refractivity contribution < 1.29 is 0 Å². The van der Waals surface area contributed by atoms with Gasteiger partial charge >= 0.3 is 0 Å². The van der Waals surface area contributed by atoms with Crippen molar-refractivity contribution in [2.75, 3.05) is 26.2 Å². The van der Waals surface area contributed by atoms with E-state index in [0.717, 1.165) is 18.4 Å². The fourth-order valence-corrected chi connectivity index (χ4v) is 2.96. The van der Waals surface area contributed by atoms with E-state index in [1.165, 1.54) is 51.1 Å². The van der Waals surface area contributed by atoms with E-state index in [1.807, 2.05) is 17.9 Å². The Balaban J connectivity index is 1.52. The zero-order valence-electron chi connectivity index (χ0n) is 11.3. The van der Waals surface area contributed by atoms with Crippen LogP contribution in [0, 0.1) is 5.92 Å². The van der Waals surface area contributed by atoms with Gasteiger partial charge in [0.15, 0.2) is 0 Å². The lowest BCUT2D eigenvalue weighted by Crippen LogP contribution is -2.40. The van der Waals surface area contributed by atoms with Crippen LogP contribution >= 0.6 is 0 Å². The average molecular weight is 248 g/mol. The second-order valence-electron chi connectivity index (χ2n) is 5.75. The van der Waals surface area contributed by atoms with Crippen LogP contribution in [0.25, 0.3) is 0 Å². The van der Waals surface area contributed by atoms with E-state index >= 15 is 0 Å². The molecule has 2 fully saturated rings. The maximum absolute atomic E-state index is 4.24. The van der Waals surface area contributed by atoms with Gasteiger partial charge in [0.25, 0.3) is 0 Å². The lowest BCUT2D eigenvalue weighted by molar-refractivity contribution is 0.260. The normalized spacial score (nSPS) is 26.2. The van der Waals surface area contributed by atoms with Gasteiger partial charge in [-0.3, -0.25) is 4.68 Å². The molecule has 0 amide bonds. The number of hydrogen-bond acceptors (Lipinski definition) is 3. The summed E-state index contributed by atoms with van der Waals surface area (Å²) in [6.07, 6.45) is 7.18. The topological polar surface area (TPSA) is 33.1 Å². The molecule has 4 nitrogen and oxygen atoms in total. The van der Waals surface area contributed by atoms with Crippen LogP contribution < -0.4 is 5.32 Å². The highest BCUT2D eigenvalue weighted by Crippen LogP contribution is 2.33. The van der Waals surface area contributed by atoms with Crippen molar-refractivity contribution in [3.05, 3.63) is 18.0 Å². The highest BCUT2D eigenvalue weighted by molar-refractivity contribution is 5.00. The van der Waals surface area contributed by atoms with Crippen molar-refractivity contribution in [2.24, 2.45) is 13.0 Å². The van der Waals surface area contributed by atoms with Gasteiger partial charge in [-0.25, -0.2) is 0 Å². The Labute approximate surface area is 109 Å². The largest absolute Gasteiger partial charge is 0.312 e. The van der Waals surface area contributed by atoms with E-state index in [-0.39, 0.29) is 0 Å². The fourth-order valence-electron chi connectivity index (χ4n) is 2.96. The van der Waals surface area contributed by atoms with Crippen molar-refractivity contribution in [3.63, 3.8) is 0 Å². The molecule has 1 aliphatic heterocycles. The summed E-state index contributed by atoms with van der Waals surface area (Å²) >= 11 is 0. The van der Waals surface area contributed by atoms with Gasteiger partial charge in [0.05, 0.1) is 0 Å². The first kappa shape index (κ1) is 12.2. The maximum Gasteiger partial charge on any atom is 0.0492 e. The number of aromatic nitrogens is 2. The maximum atomic E-state index is 4.24. The number of nitrogens with zero attached hydrogens (tertiary/aromatic N) is 3. The lowest BCUT2D eigenvalue weighted by atomic mass is 10.1. The summed E-state index contributed by atoms with van der Waals surface area (Å²) in [4.78, 5) is 2.63. The van der Waals surface area contributed by atoms with Gasteiger partial charge in [0.2, 0.25) is 0 Å². The number of aryl methyl sites for hydroxylation is 1. The third-order valence-electron chi connectivity index (χ3n) is 4.31. The summed E-state index contributed by atoms with van der Waals surface area (Å²) in [5.41, 5.74) is 1.34. The van der Waals surface area contributed by atoms with E-state index in [4.69, 9.17) is 0 Å². The van der Waals surface area contributed by atoms with Gasteiger partial charge in [0.1, 0.15) is 0 Å². The van der Waals surface area contributed by atoms with Crippen molar-refractivity contribution in [1.82, 2.24) is 20.0 Å². The Bertz CT molecular complexity index is 383. The highest BCUT2D eigenvalue weighted by atomic mass is 15.3. The second kappa shape index (κ2) is 5.41. The summed E-state index contributed by atoms with van der Waals surface area (Å²) in [7, 11) is 2.03. The predicted octanol–water partition coefficient (Wildman–Crippen LogP) is 1.04. The van der Waals surface area contributed by atoms with E-state index in [0.29, 0.717) is 0 Å². The Morgan fingerprint density at radius 1 is 1.44 bits per heavy atom. The molecule has 100 valence electrons. The SMILES string of the molecule is Cn1nccc1CCN1CCCNC(C2CC2)C1. The van der Waals surface area contributed by atoms with Crippen LogP contribution in [-0.2, 0) is 13.5 Å². The number of rotatable bonds is 4. The van der Waals surface area contributed by atoms with Crippen LogP contribution in [0.1, 0.15) is 25.0 Å². The molecule has 1 aromatic rings. The Morgan fingerprint density at radius 2 is 2.33 bits per heavy atom. The summed E-state index contributed by atoms with van der Waals surface area (Å²) in [6, 6.07) is 2.88. The van der Waals surface area contributed by atoms with Crippen LogP contribution in [0.5, 0.6) is 0 Å². The van der Waals surface area contributed by atoms with Crippen LogP contribution in [0.4, 0.5) is 0 Å². The molecule has 18 heavy (non-hydrogen) atoms. The summed E-state index contributed by atoms with van der Waals surface area (Å²) in [5.74, 6) is 0.960. The Morgan fingerprint density at radius 3 is 3.06 bits per heavy atom. The fraction of sp³-hybridized carbons (Fsp3) is 0.786. The molecule has 1 aliphatic carbocycles. The van der Waals surface area contributed by atoms with E-state index in [1.54, 1.807) is 0 Å². The molecule has 3 rings (SSSR count). The molecule has 0 radical (unpaired) electrons. The lowest BCUT2D eigenvalue weighted by Gasteiger charge is -2.24. The summed E-state index contributed by atoms with van der Waals surface area (Å²) in [5, 5.41) is 7.96. The van der Waals surface area contributed by atoms with E-state index in [9.17, 15) is 0 Å². The zero-order valence-corrected chi connectivity index (χ0v) is 11.3. The molecule has 1 saturated heterocycles. The van der Waals surface area contributed by atoms with Gasteiger partial charge < -0.3 is 10.2 Å². The van der Waals surface area contributed by atoms with Crippen LogP contribution in [-0.4, -0.2) is 46.9 Å². The first-order chi connectivity index (χ1) is 8.83. The molecule has 1 N–H and O–H groups in total. The van der Waals surface area contributed by atoms with Crippen LogP contribution in [0.2, 0.25) is 0 Å². The van der Waals surface area contributed by atoms with Crippen molar-refractivity contribution >= 4 is 0 Å². The molecule has 1 atom stereocenters. The molecule has 1 saturated carbocycles. The minimum atomic E-state index is 0.749. The highest BCUT2D eigenvalue weighted by Gasteiger charge is 2.32. The van der Waals surface area contributed by atoms with Crippen LogP contribution in [0.3, 0.4) is 0 Å². The van der Waals surface area contributed by atoms with Gasteiger partial charge in [-0.2, -0.15) is 5.10 Å².